The van der Waals surface area contributed by atoms with Crippen molar-refractivity contribution in [2.45, 2.75) is 26.1 Å². The summed E-state index contributed by atoms with van der Waals surface area (Å²) in [5.41, 5.74) is 0.0907. The molecule has 6 heteroatoms. The van der Waals surface area contributed by atoms with Gasteiger partial charge in [-0.15, -0.1) is 0 Å². The summed E-state index contributed by atoms with van der Waals surface area (Å²) < 4.78 is 39.7. The number of carbonyl (C=O) groups is 1. The first kappa shape index (κ1) is 14.3. The number of imidazole rings is 1. The molecule has 2 rings (SSSR count). The highest BCUT2D eigenvalue weighted by molar-refractivity contribution is 5.76. The number of hydrogen-bond acceptors (Lipinski definition) is 2. The number of alkyl halides is 3. The van der Waals surface area contributed by atoms with Gasteiger partial charge in [0.15, 0.2) is 5.69 Å². The molecule has 0 bridgehead atoms. The summed E-state index contributed by atoms with van der Waals surface area (Å²) in [4.78, 5) is 14.3. The van der Waals surface area contributed by atoms with Crippen LogP contribution in [-0.2, 0) is 6.18 Å². The van der Waals surface area contributed by atoms with E-state index in [1.165, 1.54) is 4.57 Å². The Balaban J connectivity index is 2.53. The standard InChI is InChI=1S/C14H13F3N2O/c1-9(2)19-7-12(14(15,16)17)18-13(19)11-5-3-10(8-20)4-6-11/h3-9H,1-2H3. The number of rotatable bonds is 3. The maximum Gasteiger partial charge on any atom is 0.434 e. The maximum atomic E-state index is 12.8. The Morgan fingerprint density at radius 2 is 1.80 bits per heavy atom. The number of carbonyl (C=O) groups excluding carboxylic acids is 1. The van der Waals surface area contributed by atoms with Gasteiger partial charge in [-0.3, -0.25) is 4.79 Å². The summed E-state index contributed by atoms with van der Waals surface area (Å²) in [5, 5.41) is 0. The first-order chi connectivity index (χ1) is 9.32. The molecular weight excluding hydrogens is 269 g/mol. The fraction of sp³-hybridized carbons (Fsp3) is 0.286. The van der Waals surface area contributed by atoms with Gasteiger partial charge in [-0.1, -0.05) is 24.3 Å². The van der Waals surface area contributed by atoms with Crippen molar-refractivity contribution >= 4 is 6.29 Å². The van der Waals surface area contributed by atoms with Crippen molar-refractivity contribution in [3.8, 4) is 11.4 Å². The van der Waals surface area contributed by atoms with Gasteiger partial charge in [-0.05, 0) is 13.8 Å². The lowest BCUT2D eigenvalue weighted by molar-refractivity contribution is -0.140. The maximum absolute atomic E-state index is 12.8. The Hall–Kier alpha value is -2.11. The Kier molecular flexibility index (Phi) is 3.65. The molecule has 1 heterocycles. The second-order valence-electron chi connectivity index (χ2n) is 4.69. The molecule has 1 aromatic heterocycles. The van der Waals surface area contributed by atoms with Gasteiger partial charge in [0.25, 0.3) is 0 Å². The molecule has 2 aromatic rings. The van der Waals surface area contributed by atoms with E-state index in [4.69, 9.17) is 0 Å². The van der Waals surface area contributed by atoms with Crippen molar-refractivity contribution in [2.24, 2.45) is 0 Å². The summed E-state index contributed by atoms with van der Waals surface area (Å²) in [5.74, 6) is 0.241. The molecule has 0 aliphatic rings. The van der Waals surface area contributed by atoms with Crippen molar-refractivity contribution < 1.29 is 18.0 Å². The summed E-state index contributed by atoms with van der Waals surface area (Å²) in [7, 11) is 0. The van der Waals surface area contributed by atoms with Crippen LogP contribution in [-0.4, -0.2) is 15.8 Å². The molecule has 3 nitrogen and oxygen atoms in total. The number of benzene rings is 1. The van der Waals surface area contributed by atoms with Crippen LogP contribution in [0.2, 0.25) is 0 Å². The summed E-state index contributed by atoms with van der Waals surface area (Å²) >= 11 is 0. The minimum atomic E-state index is -4.47. The summed E-state index contributed by atoms with van der Waals surface area (Å²) in [6.45, 7) is 3.57. The number of hydrogen-bond donors (Lipinski definition) is 0. The van der Waals surface area contributed by atoms with Crippen LogP contribution in [0.25, 0.3) is 11.4 Å². The molecule has 1 aromatic carbocycles. The van der Waals surface area contributed by atoms with Crippen molar-refractivity contribution in [1.82, 2.24) is 9.55 Å². The third kappa shape index (κ3) is 2.74. The average molecular weight is 282 g/mol. The van der Waals surface area contributed by atoms with Gasteiger partial charge in [-0.25, -0.2) is 4.98 Å². The fourth-order valence-electron chi connectivity index (χ4n) is 1.85. The Morgan fingerprint density at radius 3 is 2.25 bits per heavy atom. The summed E-state index contributed by atoms with van der Waals surface area (Å²) in [6.07, 6.45) is -2.79. The zero-order valence-electron chi connectivity index (χ0n) is 11.0. The first-order valence-electron chi connectivity index (χ1n) is 6.04. The van der Waals surface area contributed by atoms with Gasteiger partial charge in [0.2, 0.25) is 0 Å². The van der Waals surface area contributed by atoms with Crippen LogP contribution >= 0.6 is 0 Å². The zero-order chi connectivity index (χ0) is 14.9. The molecular formula is C14H13F3N2O. The molecule has 0 spiro atoms. The molecule has 106 valence electrons. The van der Waals surface area contributed by atoms with Crippen LogP contribution in [0.1, 0.15) is 35.9 Å². The minimum absolute atomic E-state index is 0.153. The molecule has 0 aliphatic heterocycles. The predicted molar refractivity (Wildman–Crippen MR) is 68.4 cm³/mol. The molecule has 0 radical (unpaired) electrons. The first-order valence-corrected chi connectivity index (χ1v) is 6.04. The largest absolute Gasteiger partial charge is 0.434 e. The van der Waals surface area contributed by atoms with Crippen LogP contribution < -0.4 is 0 Å². The molecule has 0 saturated heterocycles. The van der Waals surface area contributed by atoms with Crippen molar-refractivity contribution in [2.75, 3.05) is 0 Å². The molecule has 20 heavy (non-hydrogen) atoms. The molecule has 0 amide bonds. The lowest BCUT2D eigenvalue weighted by Gasteiger charge is -2.11. The molecule has 0 unspecified atom stereocenters. The van der Waals surface area contributed by atoms with Gasteiger partial charge >= 0.3 is 6.18 Å². The third-order valence-electron chi connectivity index (χ3n) is 2.88. The molecule has 0 aliphatic carbocycles. The second-order valence-corrected chi connectivity index (χ2v) is 4.69. The van der Waals surface area contributed by atoms with E-state index < -0.39 is 11.9 Å². The van der Waals surface area contributed by atoms with Crippen LogP contribution in [0, 0.1) is 0 Å². The van der Waals surface area contributed by atoms with E-state index in [9.17, 15) is 18.0 Å². The van der Waals surface area contributed by atoms with Crippen LogP contribution in [0.5, 0.6) is 0 Å². The zero-order valence-corrected chi connectivity index (χ0v) is 11.0. The van der Waals surface area contributed by atoms with Gasteiger partial charge in [-0.2, -0.15) is 13.2 Å². The normalized spacial score (nSPS) is 11.9. The SMILES string of the molecule is CC(C)n1cc(C(F)(F)F)nc1-c1ccc(C=O)cc1. The number of aldehydes is 1. The molecule has 0 saturated carbocycles. The van der Waals surface area contributed by atoms with Gasteiger partial charge in [0.1, 0.15) is 12.1 Å². The average Bonchev–Trinajstić information content (AvgIpc) is 2.84. The van der Waals surface area contributed by atoms with Crippen molar-refractivity contribution in [3.05, 3.63) is 41.7 Å². The van der Waals surface area contributed by atoms with E-state index in [0.29, 0.717) is 17.4 Å². The molecule has 0 N–H and O–H groups in total. The van der Waals surface area contributed by atoms with E-state index in [1.54, 1.807) is 38.1 Å². The second kappa shape index (κ2) is 5.11. The Labute approximate surface area is 114 Å². The number of halogens is 3. The van der Waals surface area contributed by atoms with Gasteiger partial charge in [0, 0.05) is 23.4 Å². The summed E-state index contributed by atoms with van der Waals surface area (Å²) in [6, 6.07) is 6.12. The third-order valence-corrected chi connectivity index (χ3v) is 2.88. The Morgan fingerprint density at radius 1 is 1.20 bits per heavy atom. The number of nitrogens with zero attached hydrogens (tertiary/aromatic N) is 2. The van der Waals surface area contributed by atoms with Crippen molar-refractivity contribution in [3.63, 3.8) is 0 Å². The predicted octanol–water partition coefficient (Wildman–Crippen LogP) is 3.96. The molecule has 0 fully saturated rings. The quantitative estimate of drug-likeness (QED) is 0.799. The van der Waals surface area contributed by atoms with Gasteiger partial charge < -0.3 is 4.57 Å². The Bertz CT molecular complexity index is 612. The monoisotopic (exact) mass is 282 g/mol. The van der Waals surface area contributed by atoms with Gasteiger partial charge in [0.05, 0.1) is 0 Å². The lowest BCUT2D eigenvalue weighted by atomic mass is 10.1. The van der Waals surface area contributed by atoms with Crippen molar-refractivity contribution in [1.29, 1.82) is 0 Å². The minimum Gasteiger partial charge on any atom is -0.328 e. The van der Waals surface area contributed by atoms with Crippen LogP contribution in [0.3, 0.4) is 0 Å². The van der Waals surface area contributed by atoms with E-state index in [1.807, 2.05) is 0 Å². The highest BCUT2D eigenvalue weighted by Gasteiger charge is 2.35. The fourth-order valence-corrected chi connectivity index (χ4v) is 1.85. The molecule has 0 atom stereocenters. The van der Waals surface area contributed by atoms with Crippen LogP contribution in [0.15, 0.2) is 30.5 Å². The van der Waals surface area contributed by atoms with E-state index >= 15 is 0 Å². The smallest absolute Gasteiger partial charge is 0.328 e. The van der Waals surface area contributed by atoms with E-state index in [2.05, 4.69) is 4.98 Å². The van der Waals surface area contributed by atoms with E-state index in [0.717, 1.165) is 6.20 Å². The highest BCUT2D eigenvalue weighted by atomic mass is 19.4. The number of aromatic nitrogens is 2. The highest BCUT2D eigenvalue weighted by Crippen LogP contribution is 2.32. The van der Waals surface area contributed by atoms with Crippen LogP contribution in [0.4, 0.5) is 13.2 Å². The lowest BCUT2D eigenvalue weighted by Crippen LogP contribution is -2.05. The van der Waals surface area contributed by atoms with E-state index in [-0.39, 0.29) is 11.9 Å². The topological polar surface area (TPSA) is 34.9 Å².